The highest BCUT2D eigenvalue weighted by Crippen LogP contribution is 2.34. The fraction of sp³-hybridized carbons (Fsp3) is 0.350. The van der Waals surface area contributed by atoms with Crippen LogP contribution in [0, 0.1) is 10.1 Å². The maximum atomic E-state index is 13.3. The Hall–Kier alpha value is -3.38. The minimum Gasteiger partial charge on any atom is -0.494 e. The average Bonchev–Trinajstić information content (AvgIpc) is 3.29. The summed E-state index contributed by atoms with van der Waals surface area (Å²) < 4.78 is 43.1. The maximum absolute atomic E-state index is 13.3. The van der Waals surface area contributed by atoms with Gasteiger partial charge in [-0.3, -0.25) is 14.9 Å². The number of sulfonamides is 1. The maximum Gasteiger partial charge on any atom is 0.273 e. The predicted octanol–water partition coefficient (Wildman–Crippen LogP) is 2.41. The molecule has 2 aromatic carbocycles. The molecule has 1 N–H and O–H groups in total. The first-order chi connectivity index (χ1) is 15.2. The van der Waals surface area contributed by atoms with Gasteiger partial charge in [-0.25, -0.2) is 8.42 Å². The third-order valence-corrected chi connectivity index (χ3v) is 7.03. The monoisotopic (exact) mass is 465 g/mol. The summed E-state index contributed by atoms with van der Waals surface area (Å²) in [6.07, 6.45) is 0.829. The van der Waals surface area contributed by atoms with Crippen molar-refractivity contribution in [2.45, 2.75) is 23.8 Å². The first-order valence-corrected chi connectivity index (χ1v) is 11.0. The van der Waals surface area contributed by atoms with Crippen molar-refractivity contribution in [2.75, 3.05) is 33.2 Å². The zero-order valence-corrected chi connectivity index (χ0v) is 18.5. The van der Waals surface area contributed by atoms with E-state index in [1.54, 1.807) is 0 Å². The van der Waals surface area contributed by atoms with Crippen LogP contribution in [0.5, 0.6) is 17.2 Å². The van der Waals surface area contributed by atoms with Gasteiger partial charge in [-0.1, -0.05) is 0 Å². The molecule has 0 saturated carbocycles. The van der Waals surface area contributed by atoms with Crippen LogP contribution in [0.15, 0.2) is 41.3 Å². The van der Waals surface area contributed by atoms with E-state index in [4.69, 9.17) is 14.2 Å². The number of carbonyl (C=O) groups excluding carboxylic acids is 1. The highest BCUT2D eigenvalue weighted by atomic mass is 32.2. The van der Waals surface area contributed by atoms with E-state index in [9.17, 15) is 23.3 Å². The number of nitrogens with one attached hydrogen (secondary N) is 1. The molecule has 1 unspecified atom stereocenters. The topological polar surface area (TPSA) is 137 Å². The number of benzene rings is 2. The second kappa shape index (κ2) is 9.40. The second-order valence-electron chi connectivity index (χ2n) is 6.92. The number of carbonyl (C=O) groups is 1. The number of anilines is 1. The Morgan fingerprint density at radius 2 is 1.75 bits per heavy atom. The zero-order chi connectivity index (χ0) is 23.5. The summed E-state index contributed by atoms with van der Waals surface area (Å²) in [5, 5.41) is 13.6. The van der Waals surface area contributed by atoms with E-state index < -0.39 is 26.9 Å². The fourth-order valence-corrected chi connectivity index (χ4v) is 5.19. The van der Waals surface area contributed by atoms with Gasteiger partial charge in [0.05, 0.1) is 42.9 Å². The lowest BCUT2D eigenvalue weighted by molar-refractivity contribution is -0.384. The molecule has 0 aliphatic carbocycles. The largest absolute Gasteiger partial charge is 0.494 e. The first kappa shape index (κ1) is 23.3. The number of hydrogen-bond donors (Lipinski definition) is 1. The summed E-state index contributed by atoms with van der Waals surface area (Å²) >= 11 is 0. The molecule has 12 heteroatoms. The minimum atomic E-state index is -4.00. The fourth-order valence-electron chi connectivity index (χ4n) is 3.52. The number of nitro groups is 1. The third kappa shape index (κ3) is 4.46. The van der Waals surface area contributed by atoms with Crippen LogP contribution < -0.4 is 19.5 Å². The van der Waals surface area contributed by atoms with Crippen LogP contribution in [0.2, 0.25) is 0 Å². The molecule has 0 spiro atoms. The lowest BCUT2D eigenvalue weighted by Gasteiger charge is -2.24. The normalized spacial score (nSPS) is 16.4. The highest BCUT2D eigenvalue weighted by Gasteiger charge is 2.40. The molecule has 1 fully saturated rings. The van der Waals surface area contributed by atoms with Crippen molar-refractivity contribution >= 4 is 27.3 Å². The SMILES string of the molecule is COc1cc([N+](=O)[O-])ccc1NC(=O)C1CCCN1S(=O)(=O)c1ccc(OC)c(OC)c1. The standard InChI is InChI=1S/C20H23N3O8S/c1-29-17-9-7-14(12-19(17)31-3)32(27,28)22-10-4-5-16(22)20(24)21-15-8-6-13(23(25)26)11-18(15)30-2/h6-9,11-12,16H,4-5,10H2,1-3H3,(H,21,24). The van der Waals surface area contributed by atoms with Crippen LogP contribution in [0.1, 0.15) is 12.8 Å². The number of non-ortho nitro benzene ring substituents is 1. The van der Waals surface area contributed by atoms with Crippen molar-refractivity contribution in [2.24, 2.45) is 0 Å². The van der Waals surface area contributed by atoms with Gasteiger partial charge in [0, 0.05) is 18.7 Å². The molecule has 0 bridgehead atoms. The van der Waals surface area contributed by atoms with Crippen LogP contribution in [0.4, 0.5) is 11.4 Å². The number of nitrogens with zero attached hydrogens (tertiary/aromatic N) is 2. The smallest absolute Gasteiger partial charge is 0.273 e. The van der Waals surface area contributed by atoms with E-state index in [2.05, 4.69) is 5.32 Å². The lowest BCUT2D eigenvalue weighted by atomic mass is 10.2. The van der Waals surface area contributed by atoms with Gasteiger partial charge in [0.25, 0.3) is 5.69 Å². The quantitative estimate of drug-likeness (QED) is 0.463. The molecule has 0 aromatic heterocycles. The third-order valence-electron chi connectivity index (χ3n) is 5.12. The molecule has 172 valence electrons. The van der Waals surface area contributed by atoms with Gasteiger partial charge in [-0.15, -0.1) is 0 Å². The van der Waals surface area contributed by atoms with Gasteiger partial charge >= 0.3 is 0 Å². The molecular formula is C20H23N3O8S. The highest BCUT2D eigenvalue weighted by molar-refractivity contribution is 7.89. The summed E-state index contributed by atoms with van der Waals surface area (Å²) in [5.41, 5.74) is 0.0110. The van der Waals surface area contributed by atoms with E-state index in [1.165, 1.54) is 57.7 Å². The number of rotatable bonds is 8. The van der Waals surface area contributed by atoms with Crippen molar-refractivity contribution in [3.05, 3.63) is 46.5 Å². The number of nitro benzene ring substituents is 1. The summed E-state index contributed by atoms with van der Waals surface area (Å²) in [7, 11) is 0.162. The Kier molecular flexibility index (Phi) is 6.84. The van der Waals surface area contributed by atoms with Gasteiger partial charge in [-0.2, -0.15) is 4.31 Å². The van der Waals surface area contributed by atoms with Crippen molar-refractivity contribution < 1.29 is 32.3 Å². The number of amides is 1. The van der Waals surface area contributed by atoms with Gasteiger partial charge < -0.3 is 19.5 Å². The molecule has 1 aliphatic rings. The van der Waals surface area contributed by atoms with Crippen LogP contribution >= 0.6 is 0 Å². The Labute approximate surface area is 185 Å². The van der Waals surface area contributed by atoms with Crippen LogP contribution in [-0.4, -0.2) is 57.5 Å². The summed E-state index contributed by atoms with van der Waals surface area (Å²) in [6.45, 7) is 0.173. The van der Waals surface area contributed by atoms with E-state index in [0.717, 1.165) is 4.31 Å². The molecular weight excluding hydrogens is 442 g/mol. The molecule has 1 amide bonds. The van der Waals surface area contributed by atoms with Crippen LogP contribution in [-0.2, 0) is 14.8 Å². The van der Waals surface area contributed by atoms with E-state index in [0.29, 0.717) is 18.6 Å². The lowest BCUT2D eigenvalue weighted by Crippen LogP contribution is -2.43. The predicted molar refractivity (Wildman–Crippen MR) is 115 cm³/mol. The Balaban J connectivity index is 1.86. The van der Waals surface area contributed by atoms with E-state index >= 15 is 0 Å². The van der Waals surface area contributed by atoms with Crippen molar-refractivity contribution in [3.8, 4) is 17.2 Å². The zero-order valence-electron chi connectivity index (χ0n) is 17.7. The van der Waals surface area contributed by atoms with Gasteiger partial charge in [0.1, 0.15) is 11.8 Å². The number of methoxy groups -OCH3 is 3. The van der Waals surface area contributed by atoms with Gasteiger partial charge in [0.2, 0.25) is 15.9 Å². The molecule has 1 atom stereocenters. The first-order valence-electron chi connectivity index (χ1n) is 9.60. The van der Waals surface area contributed by atoms with Crippen LogP contribution in [0.3, 0.4) is 0 Å². The molecule has 1 saturated heterocycles. The molecule has 11 nitrogen and oxygen atoms in total. The van der Waals surface area contributed by atoms with Gasteiger partial charge in [0.15, 0.2) is 11.5 Å². The average molecular weight is 465 g/mol. The van der Waals surface area contributed by atoms with E-state index in [-0.39, 0.29) is 34.3 Å². The molecule has 0 radical (unpaired) electrons. The Morgan fingerprint density at radius 3 is 2.38 bits per heavy atom. The van der Waals surface area contributed by atoms with Crippen molar-refractivity contribution in [1.82, 2.24) is 4.31 Å². The second-order valence-corrected chi connectivity index (χ2v) is 8.81. The van der Waals surface area contributed by atoms with Gasteiger partial charge in [-0.05, 0) is 31.0 Å². The summed E-state index contributed by atoms with van der Waals surface area (Å²) in [6, 6.07) is 7.03. The van der Waals surface area contributed by atoms with Crippen molar-refractivity contribution in [3.63, 3.8) is 0 Å². The number of hydrogen-bond acceptors (Lipinski definition) is 8. The van der Waals surface area contributed by atoms with Crippen LogP contribution in [0.25, 0.3) is 0 Å². The molecule has 1 aliphatic heterocycles. The Morgan fingerprint density at radius 1 is 1.06 bits per heavy atom. The van der Waals surface area contributed by atoms with E-state index in [1.807, 2.05) is 0 Å². The number of ether oxygens (including phenoxy) is 3. The summed E-state index contributed by atoms with van der Waals surface area (Å²) in [4.78, 5) is 23.3. The molecule has 32 heavy (non-hydrogen) atoms. The molecule has 1 heterocycles. The minimum absolute atomic E-state index is 0.0252. The summed E-state index contributed by atoms with van der Waals surface area (Å²) in [5.74, 6) is 0.176. The molecule has 2 aromatic rings. The molecule has 3 rings (SSSR count). The Bertz CT molecular complexity index is 1140. The van der Waals surface area contributed by atoms with Crippen molar-refractivity contribution in [1.29, 1.82) is 0 Å².